The first-order chi connectivity index (χ1) is 9.85. The predicted molar refractivity (Wildman–Crippen MR) is 81.4 cm³/mol. The number of benzene rings is 1. The minimum Gasteiger partial charge on any atom is -0.495 e. The zero-order valence-electron chi connectivity index (χ0n) is 12.1. The van der Waals surface area contributed by atoms with Crippen molar-refractivity contribution in [3.8, 4) is 11.5 Å². The number of halogens is 1. The lowest BCUT2D eigenvalue weighted by molar-refractivity contribution is 0.276. The van der Waals surface area contributed by atoms with Crippen LogP contribution in [-0.2, 0) is 10.2 Å². The van der Waals surface area contributed by atoms with E-state index in [1.165, 1.54) is 33.4 Å². The Hall–Kier alpha value is -1.22. The summed E-state index contributed by atoms with van der Waals surface area (Å²) in [5.74, 6) is 0.667. The molecule has 1 aromatic carbocycles. The summed E-state index contributed by atoms with van der Waals surface area (Å²) in [7, 11) is 0.515. The Bertz CT molecular complexity index is 579. The van der Waals surface area contributed by atoms with E-state index in [0.29, 0.717) is 12.2 Å². The Balaban J connectivity index is 3.03. The molecule has 0 bridgehead atoms. The van der Waals surface area contributed by atoms with Gasteiger partial charge in [-0.25, -0.2) is 0 Å². The molecule has 0 saturated carbocycles. The van der Waals surface area contributed by atoms with Crippen LogP contribution in [0.3, 0.4) is 0 Å². The lowest BCUT2D eigenvalue weighted by Gasteiger charge is -2.19. The third-order valence-corrected chi connectivity index (χ3v) is 4.53. The maximum Gasteiger partial charge on any atom is 0.301 e. The fourth-order valence-electron chi connectivity index (χ4n) is 1.57. The Morgan fingerprint density at radius 2 is 1.90 bits per heavy atom. The monoisotopic (exact) mass is 338 g/mol. The topological polar surface area (TPSA) is 88.1 Å². The van der Waals surface area contributed by atoms with Gasteiger partial charge in [-0.15, -0.1) is 0 Å². The Morgan fingerprint density at radius 3 is 2.43 bits per heavy atom. The van der Waals surface area contributed by atoms with E-state index in [2.05, 4.69) is 4.72 Å². The van der Waals surface area contributed by atoms with E-state index >= 15 is 0 Å². The summed E-state index contributed by atoms with van der Waals surface area (Å²) in [6.07, 6.45) is 0.345. The highest BCUT2D eigenvalue weighted by molar-refractivity contribution is 7.90. The molecule has 9 heteroatoms. The van der Waals surface area contributed by atoms with Gasteiger partial charge in [0, 0.05) is 26.3 Å². The van der Waals surface area contributed by atoms with Crippen molar-refractivity contribution in [2.75, 3.05) is 39.1 Å². The number of hydrogen-bond donors (Lipinski definition) is 2. The van der Waals surface area contributed by atoms with Gasteiger partial charge in [-0.2, -0.15) is 12.7 Å². The molecule has 2 N–H and O–H groups in total. The molecule has 1 rings (SSSR count). The summed E-state index contributed by atoms with van der Waals surface area (Å²) in [5.41, 5.74) is 0.208. The number of ether oxygens (including phenoxy) is 2. The Labute approximate surface area is 129 Å². The van der Waals surface area contributed by atoms with Gasteiger partial charge in [-0.05, 0) is 12.5 Å². The number of aliphatic hydroxyl groups is 1. The third-order valence-electron chi connectivity index (χ3n) is 2.75. The van der Waals surface area contributed by atoms with Crippen molar-refractivity contribution in [3.05, 3.63) is 17.2 Å². The van der Waals surface area contributed by atoms with Gasteiger partial charge in [-0.1, -0.05) is 11.6 Å². The van der Waals surface area contributed by atoms with Gasteiger partial charge >= 0.3 is 10.2 Å². The SMILES string of the molecule is COc1cc(OC)c(NS(=O)(=O)N(C)CCCO)cc1Cl. The quantitative estimate of drug-likeness (QED) is 0.746. The average Bonchev–Trinajstić information content (AvgIpc) is 2.44. The number of aliphatic hydroxyl groups excluding tert-OH is 1. The van der Waals surface area contributed by atoms with Crippen molar-refractivity contribution >= 4 is 27.5 Å². The number of methoxy groups -OCH3 is 2. The lowest BCUT2D eigenvalue weighted by Crippen LogP contribution is -2.33. The molecule has 7 nitrogen and oxygen atoms in total. The lowest BCUT2D eigenvalue weighted by atomic mass is 10.3. The van der Waals surface area contributed by atoms with Crippen molar-refractivity contribution in [1.29, 1.82) is 0 Å². The largest absolute Gasteiger partial charge is 0.495 e. The molecule has 0 fully saturated rings. The van der Waals surface area contributed by atoms with E-state index in [1.807, 2.05) is 0 Å². The zero-order valence-corrected chi connectivity index (χ0v) is 13.7. The number of nitrogens with one attached hydrogen (secondary N) is 1. The van der Waals surface area contributed by atoms with Crippen LogP contribution in [0.4, 0.5) is 5.69 Å². The van der Waals surface area contributed by atoms with Crippen LogP contribution in [0.15, 0.2) is 12.1 Å². The molecule has 0 saturated heterocycles. The van der Waals surface area contributed by atoms with Crippen molar-refractivity contribution in [1.82, 2.24) is 4.31 Å². The van der Waals surface area contributed by atoms with Crippen LogP contribution in [0.25, 0.3) is 0 Å². The maximum atomic E-state index is 12.1. The standard InChI is InChI=1S/C12H19ClN2O5S/c1-15(5-4-6-16)21(17,18)14-10-7-9(13)11(19-2)8-12(10)20-3/h7-8,14,16H,4-6H2,1-3H3. The molecular weight excluding hydrogens is 320 g/mol. The van der Waals surface area contributed by atoms with Gasteiger partial charge in [0.15, 0.2) is 0 Å². The molecule has 0 aliphatic heterocycles. The fraction of sp³-hybridized carbons (Fsp3) is 0.500. The highest BCUT2D eigenvalue weighted by Crippen LogP contribution is 2.36. The number of rotatable bonds is 8. The van der Waals surface area contributed by atoms with Gasteiger partial charge in [0.1, 0.15) is 11.5 Å². The van der Waals surface area contributed by atoms with Crippen LogP contribution in [0.1, 0.15) is 6.42 Å². The van der Waals surface area contributed by atoms with E-state index in [4.69, 9.17) is 26.2 Å². The van der Waals surface area contributed by atoms with E-state index in [0.717, 1.165) is 4.31 Å². The predicted octanol–water partition coefficient (Wildman–Crippen LogP) is 1.33. The first-order valence-electron chi connectivity index (χ1n) is 6.12. The van der Waals surface area contributed by atoms with Gasteiger partial charge in [-0.3, -0.25) is 4.72 Å². The minimum atomic E-state index is -3.76. The van der Waals surface area contributed by atoms with Gasteiger partial charge < -0.3 is 14.6 Å². The molecule has 21 heavy (non-hydrogen) atoms. The molecule has 0 radical (unpaired) electrons. The van der Waals surface area contributed by atoms with Crippen molar-refractivity contribution in [2.45, 2.75) is 6.42 Å². The molecule has 0 aliphatic rings. The van der Waals surface area contributed by atoms with Crippen LogP contribution >= 0.6 is 11.6 Å². The Kier molecular flexibility index (Phi) is 6.53. The first kappa shape index (κ1) is 17.8. The maximum absolute atomic E-state index is 12.1. The van der Waals surface area contributed by atoms with Crippen molar-refractivity contribution in [2.24, 2.45) is 0 Å². The van der Waals surface area contributed by atoms with E-state index < -0.39 is 10.2 Å². The summed E-state index contributed by atoms with van der Waals surface area (Å²) in [5, 5.41) is 9.01. The summed E-state index contributed by atoms with van der Waals surface area (Å²) in [4.78, 5) is 0. The van der Waals surface area contributed by atoms with Crippen molar-refractivity contribution in [3.63, 3.8) is 0 Å². The van der Waals surface area contributed by atoms with E-state index in [1.54, 1.807) is 0 Å². The Morgan fingerprint density at radius 1 is 1.29 bits per heavy atom. The van der Waals surface area contributed by atoms with Crippen LogP contribution in [0.2, 0.25) is 5.02 Å². The highest BCUT2D eigenvalue weighted by Gasteiger charge is 2.20. The first-order valence-corrected chi connectivity index (χ1v) is 7.94. The highest BCUT2D eigenvalue weighted by atomic mass is 35.5. The average molecular weight is 339 g/mol. The van der Waals surface area contributed by atoms with E-state index in [9.17, 15) is 8.42 Å². The second kappa shape index (κ2) is 7.69. The summed E-state index contributed by atoms with van der Waals surface area (Å²) >= 11 is 5.99. The molecule has 0 aliphatic carbocycles. The van der Waals surface area contributed by atoms with Crippen LogP contribution < -0.4 is 14.2 Å². The molecule has 0 spiro atoms. The molecule has 0 aromatic heterocycles. The van der Waals surface area contributed by atoms with Crippen molar-refractivity contribution < 1.29 is 23.0 Å². The fourth-order valence-corrected chi connectivity index (χ4v) is 2.77. The third kappa shape index (κ3) is 4.63. The van der Waals surface area contributed by atoms with Crippen LogP contribution in [0.5, 0.6) is 11.5 Å². The summed E-state index contributed by atoms with van der Waals surface area (Å²) in [6.45, 7) is 0.107. The molecule has 0 heterocycles. The van der Waals surface area contributed by atoms with Gasteiger partial charge in [0.2, 0.25) is 0 Å². The number of anilines is 1. The van der Waals surface area contributed by atoms with E-state index in [-0.39, 0.29) is 29.6 Å². The second-order valence-electron chi connectivity index (χ2n) is 4.19. The normalized spacial score (nSPS) is 11.5. The van der Waals surface area contributed by atoms with Gasteiger partial charge in [0.05, 0.1) is 24.9 Å². The van der Waals surface area contributed by atoms with Crippen LogP contribution in [0, 0.1) is 0 Å². The minimum absolute atomic E-state index is 0.0858. The smallest absolute Gasteiger partial charge is 0.301 e. The molecule has 120 valence electrons. The molecule has 0 unspecified atom stereocenters. The molecular formula is C12H19ClN2O5S. The molecule has 0 atom stereocenters. The number of hydrogen-bond acceptors (Lipinski definition) is 5. The molecule has 1 aromatic rings. The summed E-state index contributed by atoms with van der Waals surface area (Å²) in [6, 6.07) is 2.91. The van der Waals surface area contributed by atoms with Gasteiger partial charge in [0.25, 0.3) is 0 Å². The number of nitrogens with zero attached hydrogens (tertiary/aromatic N) is 1. The summed E-state index contributed by atoms with van der Waals surface area (Å²) < 4.78 is 37.9. The zero-order chi connectivity index (χ0) is 16.0. The second-order valence-corrected chi connectivity index (χ2v) is 6.38. The molecule has 0 amide bonds. The van der Waals surface area contributed by atoms with Crippen LogP contribution in [-0.4, -0.2) is 52.2 Å².